The average Bonchev–Trinajstić information content (AvgIpc) is 2.76. The Bertz CT molecular complexity index is 304. The maximum absolute atomic E-state index is 11.8. The van der Waals surface area contributed by atoms with Crippen molar-refractivity contribution in [2.75, 3.05) is 20.1 Å². The van der Waals surface area contributed by atoms with Crippen LogP contribution in [0.1, 0.15) is 38.5 Å². The zero-order valence-electron chi connectivity index (χ0n) is 10.6. The number of nitrogens with zero attached hydrogens (tertiary/aromatic N) is 1. The van der Waals surface area contributed by atoms with Crippen LogP contribution in [-0.4, -0.2) is 42.8 Å². The second kappa shape index (κ2) is 5.63. The Kier molecular flexibility index (Phi) is 4.15. The average molecular weight is 238 g/mol. The van der Waals surface area contributed by atoms with Crippen molar-refractivity contribution in [3.63, 3.8) is 0 Å². The fourth-order valence-electron chi connectivity index (χ4n) is 3.18. The predicted molar refractivity (Wildman–Crippen MR) is 65.6 cm³/mol. The van der Waals surface area contributed by atoms with Gasteiger partial charge in [-0.15, -0.1) is 0 Å². The van der Waals surface area contributed by atoms with Gasteiger partial charge in [-0.2, -0.15) is 0 Å². The molecule has 1 heterocycles. The van der Waals surface area contributed by atoms with Gasteiger partial charge >= 0.3 is 0 Å². The summed E-state index contributed by atoms with van der Waals surface area (Å²) in [5.41, 5.74) is 0. The van der Waals surface area contributed by atoms with E-state index in [0.717, 1.165) is 38.6 Å². The molecule has 0 aromatic rings. The second-order valence-corrected chi connectivity index (χ2v) is 5.17. The summed E-state index contributed by atoms with van der Waals surface area (Å²) in [6, 6.07) is 0.316. The molecule has 2 aliphatic rings. The highest BCUT2D eigenvalue weighted by molar-refractivity contribution is 5.83. The van der Waals surface area contributed by atoms with Gasteiger partial charge in [0.05, 0.1) is 6.54 Å². The highest BCUT2D eigenvalue weighted by Gasteiger charge is 2.37. The number of likely N-dealkylation sites (N-methyl/N-ethyl adjacent to an activating group) is 1. The number of amides is 1. The van der Waals surface area contributed by atoms with Crippen LogP contribution in [0.3, 0.4) is 0 Å². The number of carbonyl (C=O) groups excluding carboxylic acids is 2. The largest absolute Gasteiger partial charge is 0.358 e. The lowest BCUT2D eigenvalue weighted by molar-refractivity contribution is -0.127. The van der Waals surface area contributed by atoms with Crippen molar-refractivity contribution < 1.29 is 9.59 Å². The fraction of sp³-hybridized carbons (Fsp3) is 0.846. The van der Waals surface area contributed by atoms with Crippen LogP contribution in [0.5, 0.6) is 0 Å². The Morgan fingerprint density at radius 1 is 1.35 bits per heavy atom. The molecule has 1 aliphatic carbocycles. The number of rotatable bonds is 3. The molecule has 96 valence electrons. The maximum atomic E-state index is 11.8. The van der Waals surface area contributed by atoms with Gasteiger partial charge < -0.3 is 5.32 Å². The molecule has 2 fully saturated rings. The van der Waals surface area contributed by atoms with E-state index in [-0.39, 0.29) is 11.8 Å². The van der Waals surface area contributed by atoms with E-state index in [1.165, 1.54) is 6.42 Å². The molecule has 2 atom stereocenters. The summed E-state index contributed by atoms with van der Waals surface area (Å²) < 4.78 is 0. The van der Waals surface area contributed by atoms with Crippen molar-refractivity contribution in [3.05, 3.63) is 0 Å². The molecule has 4 nitrogen and oxygen atoms in total. The number of likely N-dealkylation sites (tertiary alicyclic amines) is 1. The predicted octanol–water partition coefficient (Wildman–Crippen LogP) is 0.956. The Morgan fingerprint density at radius 3 is 2.82 bits per heavy atom. The quantitative estimate of drug-likeness (QED) is 0.796. The molecular weight excluding hydrogens is 216 g/mol. The van der Waals surface area contributed by atoms with Crippen LogP contribution < -0.4 is 5.32 Å². The van der Waals surface area contributed by atoms with E-state index in [0.29, 0.717) is 18.4 Å². The molecule has 0 radical (unpaired) electrons. The summed E-state index contributed by atoms with van der Waals surface area (Å²) in [6.45, 7) is 1.41. The molecule has 0 aromatic carbocycles. The lowest BCUT2D eigenvalue weighted by Crippen LogP contribution is -2.49. The molecule has 4 heteroatoms. The standard InChI is InChI=1S/C13H22N2O2/c1-14-13(17)9-15-8-3-2-6-11(15)10-5-4-7-12(10)16/h10-11H,2-9H2,1H3,(H,14,17). The minimum Gasteiger partial charge on any atom is -0.358 e. The smallest absolute Gasteiger partial charge is 0.233 e. The third kappa shape index (κ3) is 2.86. The Labute approximate surface area is 103 Å². The third-order valence-corrected chi connectivity index (χ3v) is 4.11. The Hall–Kier alpha value is -0.900. The number of ketones is 1. The van der Waals surface area contributed by atoms with Gasteiger partial charge in [-0.1, -0.05) is 6.42 Å². The number of piperidine rings is 1. The fourth-order valence-corrected chi connectivity index (χ4v) is 3.18. The van der Waals surface area contributed by atoms with Crippen molar-refractivity contribution in [2.45, 2.75) is 44.6 Å². The molecule has 1 aliphatic heterocycles. The highest BCUT2D eigenvalue weighted by Crippen LogP contribution is 2.32. The van der Waals surface area contributed by atoms with Crippen LogP contribution in [0.15, 0.2) is 0 Å². The zero-order chi connectivity index (χ0) is 12.3. The minimum absolute atomic E-state index is 0.0577. The summed E-state index contributed by atoms with van der Waals surface area (Å²) in [5, 5.41) is 2.67. The number of hydrogen-bond donors (Lipinski definition) is 1. The van der Waals surface area contributed by atoms with E-state index in [2.05, 4.69) is 10.2 Å². The van der Waals surface area contributed by atoms with E-state index in [1.807, 2.05) is 0 Å². The van der Waals surface area contributed by atoms with Gasteiger partial charge in [0.1, 0.15) is 5.78 Å². The van der Waals surface area contributed by atoms with Gasteiger partial charge in [-0.05, 0) is 32.2 Å². The maximum Gasteiger partial charge on any atom is 0.233 e. The highest BCUT2D eigenvalue weighted by atomic mass is 16.2. The Morgan fingerprint density at radius 2 is 2.18 bits per heavy atom. The van der Waals surface area contributed by atoms with Crippen molar-refractivity contribution in [1.82, 2.24) is 10.2 Å². The molecule has 1 saturated carbocycles. The lowest BCUT2D eigenvalue weighted by Gasteiger charge is -2.38. The SMILES string of the molecule is CNC(=O)CN1CCCCC1C1CCCC1=O. The first kappa shape index (κ1) is 12.6. The molecule has 1 N–H and O–H groups in total. The van der Waals surface area contributed by atoms with Crippen LogP contribution in [0.4, 0.5) is 0 Å². The van der Waals surface area contributed by atoms with Crippen LogP contribution in [-0.2, 0) is 9.59 Å². The molecule has 1 amide bonds. The first-order valence-electron chi connectivity index (χ1n) is 6.69. The molecule has 1 saturated heterocycles. The van der Waals surface area contributed by atoms with Gasteiger partial charge in [0.2, 0.25) is 5.91 Å². The van der Waals surface area contributed by atoms with Crippen LogP contribution in [0, 0.1) is 5.92 Å². The first-order chi connectivity index (χ1) is 8.22. The van der Waals surface area contributed by atoms with E-state index >= 15 is 0 Å². The van der Waals surface area contributed by atoms with Crippen molar-refractivity contribution in [2.24, 2.45) is 5.92 Å². The number of hydrogen-bond acceptors (Lipinski definition) is 3. The van der Waals surface area contributed by atoms with Gasteiger partial charge in [-0.3, -0.25) is 14.5 Å². The summed E-state index contributed by atoms with van der Waals surface area (Å²) in [5.74, 6) is 0.668. The summed E-state index contributed by atoms with van der Waals surface area (Å²) in [6.07, 6.45) is 6.22. The van der Waals surface area contributed by atoms with E-state index in [1.54, 1.807) is 7.05 Å². The molecule has 2 rings (SSSR count). The number of nitrogens with one attached hydrogen (secondary N) is 1. The second-order valence-electron chi connectivity index (χ2n) is 5.17. The van der Waals surface area contributed by atoms with Crippen molar-refractivity contribution >= 4 is 11.7 Å². The minimum atomic E-state index is 0.0577. The first-order valence-corrected chi connectivity index (χ1v) is 6.69. The summed E-state index contributed by atoms with van der Waals surface area (Å²) >= 11 is 0. The van der Waals surface area contributed by atoms with E-state index in [9.17, 15) is 9.59 Å². The van der Waals surface area contributed by atoms with Crippen molar-refractivity contribution in [1.29, 1.82) is 0 Å². The van der Waals surface area contributed by atoms with E-state index in [4.69, 9.17) is 0 Å². The molecule has 0 spiro atoms. The summed E-state index contributed by atoms with van der Waals surface area (Å²) in [4.78, 5) is 25.5. The third-order valence-electron chi connectivity index (χ3n) is 4.11. The van der Waals surface area contributed by atoms with Gasteiger partial charge in [-0.25, -0.2) is 0 Å². The van der Waals surface area contributed by atoms with E-state index < -0.39 is 0 Å². The zero-order valence-corrected chi connectivity index (χ0v) is 10.6. The van der Waals surface area contributed by atoms with Crippen molar-refractivity contribution in [3.8, 4) is 0 Å². The molecule has 0 aromatic heterocycles. The normalized spacial score (nSPS) is 30.5. The van der Waals surface area contributed by atoms with Gasteiger partial charge in [0.15, 0.2) is 0 Å². The number of Topliss-reactive ketones (excluding diaryl/α,β-unsaturated/α-hetero) is 1. The molecular formula is C13H22N2O2. The van der Waals surface area contributed by atoms with Crippen LogP contribution in [0.25, 0.3) is 0 Å². The van der Waals surface area contributed by atoms with Gasteiger partial charge in [0.25, 0.3) is 0 Å². The molecule has 17 heavy (non-hydrogen) atoms. The number of carbonyl (C=O) groups is 2. The lowest BCUT2D eigenvalue weighted by atomic mass is 9.88. The Balaban J connectivity index is 2.01. The molecule has 2 unspecified atom stereocenters. The van der Waals surface area contributed by atoms with Crippen LogP contribution in [0.2, 0.25) is 0 Å². The topological polar surface area (TPSA) is 49.4 Å². The van der Waals surface area contributed by atoms with Gasteiger partial charge in [0, 0.05) is 25.4 Å². The molecule has 0 bridgehead atoms. The monoisotopic (exact) mass is 238 g/mol. The summed E-state index contributed by atoms with van der Waals surface area (Å²) in [7, 11) is 1.67. The van der Waals surface area contributed by atoms with Crippen LogP contribution >= 0.6 is 0 Å².